The summed E-state index contributed by atoms with van der Waals surface area (Å²) in [5.74, 6) is 0.585. The minimum atomic E-state index is -3.59. The van der Waals surface area contributed by atoms with Crippen molar-refractivity contribution in [2.45, 2.75) is 44.4 Å². The Bertz CT molecular complexity index is 1350. The molecule has 11 heteroatoms. The van der Waals surface area contributed by atoms with Crippen LogP contribution in [0.15, 0.2) is 41.3 Å². The van der Waals surface area contributed by atoms with Crippen LogP contribution in [0.2, 0.25) is 5.02 Å². The smallest absolute Gasteiger partial charge is 0.253 e. The second-order valence-electron chi connectivity index (χ2n) is 9.34. The molecule has 8 nitrogen and oxygen atoms in total. The van der Waals surface area contributed by atoms with Gasteiger partial charge in [-0.1, -0.05) is 49.6 Å². The highest BCUT2D eigenvalue weighted by atomic mass is 35.5. The van der Waals surface area contributed by atoms with Crippen LogP contribution in [0.1, 0.15) is 49.9 Å². The molecule has 4 rings (SSSR count). The number of fused-ring (bicyclic) bond motifs is 1. The van der Waals surface area contributed by atoms with E-state index < -0.39 is 10.0 Å². The second kappa shape index (κ2) is 12.6. The molecular formula is C27H35ClN4O4S2. The van der Waals surface area contributed by atoms with Gasteiger partial charge in [-0.05, 0) is 49.2 Å². The topological polar surface area (TPSA) is 83.1 Å². The molecule has 0 saturated carbocycles. The van der Waals surface area contributed by atoms with Gasteiger partial charge in [-0.25, -0.2) is 13.4 Å². The summed E-state index contributed by atoms with van der Waals surface area (Å²) in [7, 11) is -1.98. The van der Waals surface area contributed by atoms with Gasteiger partial charge in [0.05, 0.1) is 21.7 Å². The average molecular weight is 579 g/mol. The van der Waals surface area contributed by atoms with Gasteiger partial charge >= 0.3 is 0 Å². The van der Waals surface area contributed by atoms with Crippen molar-refractivity contribution >= 4 is 54.2 Å². The fraction of sp³-hybridized carbons (Fsp3) is 0.481. The van der Waals surface area contributed by atoms with Crippen LogP contribution in [0.4, 0.5) is 5.13 Å². The summed E-state index contributed by atoms with van der Waals surface area (Å²) in [6, 6.07) is 9.99. The van der Waals surface area contributed by atoms with E-state index in [1.54, 1.807) is 40.6 Å². The third-order valence-electron chi connectivity index (χ3n) is 6.77. The standard InChI is InChI=1S/C27H35ClN4O4S2/c1-4-6-14-32(15-7-5-2)38(34,35)21-10-8-20(9-11-21)26(33)30-16-18-31(19-17-30)27-29-24-23(36-3)13-12-22(28)25(24)37-27/h8-13H,4-7,14-19H2,1-3H3. The molecule has 1 fully saturated rings. The zero-order chi connectivity index (χ0) is 27.3. The zero-order valence-electron chi connectivity index (χ0n) is 22.2. The van der Waals surface area contributed by atoms with Crippen molar-refractivity contribution in [1.82, 2.24) is 14.2 Å². The molecule has 1 aromatic heterocycles. The lowest BCUT2D eigenvalue weighted by Gasteiger charge is -2.34. The van der Waals surface area contributed by atoms with Gasteiger partial charge in [0, 0.05) is 44.8 Å². The quantitative estimate of drug-likeness (QED) is 0.298. The van der Waals surface area contributed by atoms with Crippen molar-refractivity contribution in [3.05, 3.63) is 47.0 Å². The van der Waals surface area contributed by atoms with Crippen LogP contribution in [0.5, 0.6) is 5.75 Å². The first-order chi connectivity index (χ1) is 18.3. The van der Waals surface area contributed by atoms with E-state index in [1.807, 2.05) is 12.1 Å². The van der Waals surface area contributed by atoms with Crippen molar-refractivity contribution in [3.63, 3.8) is 0 Å². The molecule has 0 aliphatic carbocycles. The molecule has 1 amide bonds. The van der Waals surface area contributed by atoms with E-state index >= 15 is 0 Å². The molecule has 1 saturated heterocycles. The largest absolute Gasteiger partial charge is 0.494 e. The van der Waals surface area contributed by atoms with E-state index in [9.17, 15) is 13.2 Å². The molecule has 0 atom stereocenters. The van der Waals surface area contributed by atoms with Crippen molar-refractivity contribution in [3.8, 4) is 5.75 Å². The van der Waals surface area contributed by atoms with Gasteiger partial charge in [-0.15, -0.1) is 0 Å². The average Bonchev–Trinajstić information content (AvgIpc) is 3.39. The number of aromatic nitrogens is 1. The summed E-state index contributed by atoms with van der Waals surface area (Å²) >= 11 is 7.90. The van der Waals surface area contributed by atoms with Crippen LogP contribution in [0.25, 0.3) is 10.2 Å². The number of nitrogens with zero attached hydrogens (tertiary/aromatic N) is 4. The Morgan fingerprint density at radius 2 is 1.66 bits per heavy atom. The third kappa shape index (κ3) is 6.09. The number of hydrogen-bond donors (Lipinski definition) is 0. The van der Waals surface area contributed by atoms with Gasteiger partial charge in [0.1, 0.15) is 11.3 Å². The van der Waals surface area contributed by atoms with Crippen LogP contribution in [0, 0.1) is 0 Å². The molecule has 0 N–H and O–H groups in total. The summed E-state index contributed by atoms with van der Waals surface area (Å²) in [6.07, 6.45) is 3.51. The zero-order valence-corrected chi connectivity index (χ0v) is 24.5. The number of piperazine rings is 1. The molecular weight excluding hydrogens is 544 g/mol. The Kier molecular flexibility index (Phi) is 9.51. The third-order valence-corrected chi connectivity index (χ3v) is 10.3. The van der Waals surface area contributed by atoms with Gasteiger partial charge in [-0.2, -0.15) is 4.31 Å². The van der Waals surface area contributed by atoms with E-state index in [1.165, 1.54) is 11.3 Å². The summed E-state index contributed by atoms with van der Waals surface area (Å²) < 4.78 is 34.3. The maximum absolute atomic E-state index is 13.2. The lowest BCUT2D eigenvalue weighted by atomic mass is 10.2. The molecule has 2 heterocycles. The first-order valence-electron chi connectivity index (χ1n) is 13.1. The summed E-state index contributed by atoms with van der Waals surface area (Å²) in [5.41, 5.74) is 1.24. The van der Waals surface area contributed by atoms with Crippen molar-refractivity contribution in [2.24, 2.45) is 0 Å². The highest BCUT2D eigenvalue weighted by Crippen LogP contribution is 2.38. The Hall–Kier alpha value is -2.40. The minimum Gasteiger partial charge on any atom is -0.494 e. The number of sulfonamides is 1. The van der Waals surface area contributed by atoms with E-state index in [0.29, 0.717) is 55.6 Å². The summed E-state index contributed by atoms with van der Waals surface area (Å²) in [6.45, 7) is 7.49. The van der Waals surface area contributed by atoms with Gasteiger partial charge in [0.2, 0.25) is 10.0 Å². The number of benzene rings is 2. The number of carbonyl (C=O) groups excluding carboxylic acids is 1. The fourth-order valence-electron chi connectivity index (χ4n) is 4.46. The molecule has 0 spiro atoms. The van der Waals surface area contributed by atoms with E-state index in [-0.39, 0.29) is 10.8 Å². The van der Waals surface area contributed by atoms with Gasteiger partial charge in [-0.3, -0.25) is 4.79 Å². The Morgan fingerprint density at radius 1 is 1.03 bits per heavy atom. The Balaban J connectivity index is 1.41. The number of anilines is 1. The number of rotatable bonds is 11. The number of amides is 1. The van der Waals surface area contributed by atoms with Crippen LogP contribution in [-0.4, -0.2) is 74.9 Å². The number of carbonyl (C=O) groups is 1. The predicted octanol–water partition coefficient (Wildman–Crippen LogP) is 5.51. The van der Waals surface area contributed by atoms with Crippen LogP contribution in [-0.2, 0) is 10.0 Å². The normalized spacial score (nSPS) is 14.4. The van der Waals surface area contributed by atoms with Gasteiger partial charge in [0.25, 0.3) is 5.91 Å². The highest BCUT2D eigenvalue weighted by Gasteiger charge is 2.27. The first kappa shape index (κ1) is 28.6. The SMILES string of the molecule is CCCCN(CCCC)S(=O)(=O)c1ccc(C(=O)N2CCN(c3nc4c(OC)ccc(Cl)c4s3)CC2)cc1. The van der Waals surface area contributed by atoms with Gasteiger partial charge < -0.3 is 14.5 Å². The predicted molar refractivity (Wildman–Crippen MR) is 154 cm³/mol. The maximum atomic E-state index is 13.2. The van der Waals surface area contributed by atoms with E-state index in [0.717, 1.165) is 41.0 Å². The lowest BCUT2D eigenvalue weighted by molar-refractivity contribution is 0.0746. The maximum Gasteiger partial charge on any atom is 0.253 e. The molecule has 206 valence electrons. The highest BCUT2D eigenvalue weighted by molar-refractivity contribution is 7.89. The van der Waals surface area contributed by atoms with Crippen LogP contribution < -0.4 is 9.64 Å². The van der Waals surface area contributed by atoms with Crippen LogP contribution >= 0.6 is 22.9 Å². The molecule has 1 aliphatic heterocycles. The number of hydrogen-bond acceptors (Lipinski definition) is 7. The summed E-state index contributed by atoms with van der Waals surface area (Å²) in [4.78, 5) is 22.1. The minimum absolute atomic E-state index is 0.101. The molecule has 2 aromatic carbocycles. The van der Waals surface area contributed by atoms with Crippen LogP contribution in [0.3, 0.4) is 0 Å². The number of ether oxygens (including phenoxy) is 1. The molecule has 38 heavy (non-hydrogen) atoms. The molecule has 0 radical (unpaired) electrons. The Morgan fingerprint density at radius 3 is 2.24 bits per heavy atom. The van der Waals surface area contributed by atoms with E-state index in [2.05, 4.69) is 18.7 Å². The van der Waals surface area contributed by atoms with Crippen molar-refractivity contribution in [1.29, 1.82) is 0 Å². The van der Waals surface area contributed by atoms with Crippen molar-refractivity contribution in [2.75, 3.05) is 51.3 Å². The number of methoxy groups -OCH3 is 1. The monoisotopic (exact) mass is 578 g/mol. The number of thiazole rings is 1. The lowest BCUT2D eigenvalue weighted by Crippen LogP contribution is -2.48. The molecule has 3 aromatic rings. The van der Waals surface area contributed by atoms with Crippen molar-refractivity contribution < 1.29 is 17.9 Å². The molecule has 0 bridgehead atoms. The Labute approximate surface area is 234 Å². The number of halogens is 1. The molecule has 0 unspecified atom stereocenters. The first-order valence-corrected chi connectivity index (χ1v) is 15.7. The van der Waals surface area contributed by atoms with Gasteiger partial charge in [0.15, 0.2) is 5.13 Å². The van der Waals surface area contributed by atoms with E-state index in [4.69, 9.17) is 21.3 Å². The summed E-state index contributed by atoms with van der Waals surface area (Å²) in [5, 5.41) is 1.49. The fourth-order valence-corrected chi connectivity index (χ4v) is 7.29. The number of unbranched alkanes of at least 4 members (excludes halogenated alkanes) is 2. The molecule has 1 aliphatic rings. The second-order valence-corrected chi connectivity index (χ2v) is 12.7.